The predicted octanol–water partition coefficient (Wildman–Crippen LogP) is 2.80. The van der Waals surface area contributed by atoms with Crippen molar-refractivity contribution >= 4 is 29.9 Å². The van der Waals surface area contributed by atoms with E-state index < -0.39 is 0 Å². The van der Waals surface area contributed by atoms with Crippen LogP contribution in [-0.4, -0.2) is 57.3 Å². The number of nitrogens with zero attached hydrogens (tertiary/aromatic N) is 3. The summed E-state index contributed by atoms with van der Waals surface area (Å²) in [6.07, 6.45) is 3.41. The van der Waals surface area contributed by atoms with Gasteiger partial charge in [-0.15, -0.1) is 24.0 Å². The van der Waals surface area contributed by atoms with E-state index in [1.165, 1.54) is 0 Å². The van der Waals surface area contributed by atoms with Crippen LogP contribution in [0.1, 0.15) is 5.56 Å². The molecule has 1 aromatic carbocycles. The number of methoxy groups -OCH3 is 2. The summed E-state index contributed by atoms with van der Waals surface area (Å²) in [5, 5.41) is 3.28. The van der Waals surface area contributed by atoms with Crippen molar-refractivity contribution in [2.24, 2.45) is 4.99 Å². The standard InChI is InChI=1S/C19H26N4O3.HI/c1-20-19(22-10-11-26-17-6-5-9-21-13-17)23(2)14-15-7-8-16(24-3)12-18(15)25-4;/h5-9,12-13H,10-11,14H2,1-4H3,(H,20,22);1H. The Labute approximate surface area is 177 Å². The van der Waals surface area contributed by atoms with E-state index in [0.29, 0.717) is 19.7 Å². The van der Waals surface area contributed by atoms with Crippen molar-refractivity contribution in [3.05, 3.63) is 48.3 Å². The van der Waals surface area contributed by atoms with E-state index in [0.717, 1.165) is 28.8 Å². The van der Waals surface area contributed by atoms with Gasteiger partial charge in [-0.2, -0.15) is 0 Å². The van der Waals surface area contributed by atoms with Crippen molar-refractivity contribution in [1.82, 2.24) is 15.2 Å². The average molecular weight is 486 g/mol. The van der Waals surface area contributed by atoms with Crippen LogP contribution >= 0.6 is 24.0 Å². The molecule has 148 valence electrons. The number of halogens is 1. The quantitative estimate of drug-likeness (QED) is 0.268. The van der Waals surface area contributed by atoms with Crippen molar-refractivity contribution in [2.75, 3.05) is 41.5 Å². The fourth-order valence-electron chi connectivity index (χ4n) is 2.46. The van der Waals surface area contributed by atoms with Gasteiger partial charge in [0.2, 0.25) is 0 Å². The van der Waals surface area contributed by atoms with Crippen molar-refractivity contribution in [1.29, 1.82) is 0 Å². The van der Waals surface area contributed by atoms with Gasteiger partial charge in [-0.05, 0) is 24.3 Å². The van der Waals surface area contributed by atoms with Crippen molar-refractivity contribution in [3.63, 3.8) is 0 Å². The smallest absolute Gasteiger partial charge is 0.193 e. The molecule has 0 saturated carbocycles. The SMILES string of the molecule is CN=C(NCCOc1cccnc1)N(C)Cc1ccc(OC)cc1OC.I. The molecule has 0 fully saturated rings. The maximum atomic E-state index is 5.63. The molecule has 0 spiro atoms. The topological polar surface area (TPSA) is 68.2 Å². The van der Waals surface area contributed by atoms with Gasteiger partial charge in [0.1, 0.15) is 23.9 Å². The van der Waals surface area contributed by atoms with E-state index in [-0.39, 0.29) is 24.0 Å². The Morgan fingerprint density at radius 1 is 1.19 bits per heavy atom. The van der Waals surface area contributed by atoms with E-state index in [1.807, 2.05) is 42.3 Å². The maximum Gasteiger partial charge on any atom is 0.193 e. The zero-order valence-corrected chi connectivity index (χ0v) is 18.5. The molecule has 2 rings (SSSR count). The second-order valence-electron chi connectivity index (χ2n) is 5.55. The van der Waals surface area contributed by atoms with Gasteiger partial charge < -0.3 is 24.4 Å². The largest absolute Gasteiger partial charge is 0.497 e. The second-order valence-corrected chi connectivity index (χ2v) is 5.55. The minimum atomic E-state index is 0. The third-order valence-electron chi connectivity index (χ3n) is 3.76. The molecule has 7 nitrogen and oxygen atoms in total. The lowest BCUT2D eigenvalue weighted by atomic mass is 10.2. The Kier molecular flexibility index (Phi) is 10.3. The number of hydrogen-bond acceptors (Lipinski definition) is 5. The predicted molar refractivity (Wildman–Crippen MR) is 118 cm³/mol. The summed E-state index contributed by atoms with van der Waals surface area (Å²) in [6, 6.07) is 9.51. The molecule has 1 N–H and O–H groups in total. The molecule has 27 heavy (non-hydrogen) atoms. The minimum absolute atomic E-state index is 0. The van der Waals surface area contributed by atoms with Crippen LogP contribution in [0.3, 0.4) is 0 Å². The van der Waals surface area contributed by atoms with Gasteiger partial charge in [0.15, 0.2) is 5.96 Å². The Hall–Kier alpha value is -2.23. The first-order valence-corrected chi connectivity index (χ1v) is 8.33. The summed E-state index contributed by atoms with van der Waals surface area (Å²) in [7, 11) is 7.02. The van der Waals surface area contributed by atoms with E-state index in [4.69, 9.17) is 14.2 Å². The minimum Gasteiger partial charge on any atom is -0.497 e. The highest BCUT2D eigenvalue weighted by Gasteiger charge is 2.11. The summed E-state index contributed by atoms with van der Waals surface area (Å²) >= 11 is 0. The molecule has 0 amide bonds. The fourth-order valence-corrected chi connectivity index (χ4v) is 2.46. The van der Waals surface area contributed by atoms with Crippen LogP contribution in [0, 0.1) is 0 Å². The normalized spacial score (nSPS) is 10.6. The van der Waals surface area contributed by atoms with Gasteiger partial charge in [-0.1, -0.05) is 0 Å². The van der Waals surface area contributed by atoms with Crippen molar-refractivity contribution in [3.8, 4) is 17.2 Å². The van der Waals surface area contributed by atoms with E-state index in [2.05, 4.69) is 15.3 Å². The third kappa shape index (κ3) is 7.12. The van der Waals surface area contributed by atoms with Crippen LogP contribution in [0.5, 0.6) is 17.2 Å². The van der Waals surface area contributed by atoms with Crippen LogP contribution in [0.15, 0.2) is 47.7 Å². The van der Waals surface area contributed by atoms with Crippen LogP contribution in [0.4, 0.5) is 0 Å². The molecule has 0 aliphatic rings. The summed E-state index contributed by atoms with van der Waals surface area (Å²) in [5.74, 6) is 3.08. The zero-order valence-electron chi connectivity index (χ0n) is 16.1. The van der Waals surface area contributed by atoms with Gasteiger partial charge in [-0.25, -0.2) is 0 Å². The molecule has 1 heterocycles. The molecule has 0 radical (unpaired) electrons. The van der Waals surface area contributed by atoms with Gasteiger partial charge in [0.25, 0.3) is 0 Å². The number of pyridine rings is 1. The Balaban J connectivity index is 0.00000364. The molecule has 0 bridgehead atoms. The Morgan fingerprint density at radius 2 is 2.00 bits per heavy atom. The third-order valence-corrected chi connectivity index (χ3v) is 3.76. The number of rotatable bonds is 8. The Bertz CT molecular complexity index is 713. The molecule has 0 aliphatic heterocycles. The van der Waals surface area contributed by atoms with Crippen LogP contribution < -0.4 is 19.5 Å². The number of aliphatic imine (C=N–C) groups is 1. The number of hydrogen-bond donors (Lipinski definition) is 1. The van der Waals surface area contributed by atoms with Gasteiger partial charge >= 0.3 is 0 Å². The summed E-state index contributed by atoms with van der Waals surface area (Å²) in [4.78, 5) is 10.4. The summed E-state index contributed by atoms with van der Waals surface area (Å²) in [6.45, 7) is 1.80. The van der Waals surface area contributed by atoms with Gasteiger partial charge in [-0.3, -0.25) is 9.98 Å². The molecule has 2 aromatic rings. The van der Waals surface area contributed by atoms with E-state index in [1.54, 1.807) is 33.7 Å². The first kappa shape index (κ1) is 22.8. The number of guanidine groups is 1. The highest BCUT2D eigenvalue weighted by atomic mass is 127. The van der Waals surface area contributed by atoms with Gasteiger partial charge in [0.05, 0.1) is 27.0 Å². The molecular formula is C19H27IN4O3. The number of nitrogens with one attached hydrogen (secondary N) is 1. The molecule has 0 saturated heterocycles. The highest BCUT2D eigenvalue weighted by Crippen LogP contribution is 2.25. The number of aromatic nitrogens is 1. The molecule has 1 aromatic heterocycles. The lowest BCUT2D eigenvalue weighted by Gasteiger charge is -2.23. The molecule has 0 atom stereocenters. The van der Waals surface area contributed by atoms with E-state index >= 15 is 0 Å². The molecule has 0 aliphatic carbocycles. The first-order valence-electron chi connectivity index (χ1n) is 8.33. The van der Waals surface area contributed by atoms with E-state index in [9.17, 15) is 0 Å². The lowest BCUT2D eigenvalue weighted by Crippen LogP contribution is -2.40. The van der Waals surface area contributed by atoms with Gasteiger partial charge in [0, 0.05) is 38.5 Å². The second kappa shape index (κ2) is 12.2. The van der Waals surface area contributed by atoms with Crippen LogP contribution in [0.2, 0.25) is 0 Å². The number of ether oxygens (including phenoxy) is 3. The van der Waals surface area contributed by atoms with Crippen molar-refractivity contribution in [2.45, 2.75) is 6.54 Å². The maximum absolute atomic E-state index is 5.63. The molecule has 8 heteroatoms. The zero-order chi connectivity index (χ0) is 18.8. The van der Waals surface area contributed by atoms with Crippen LogP contribution in [0.25, 0.3) is 0 Å². The van der Waals surface area contributed by atoms with Crippen LogP contribution in [-0.2, 0) is 6.54 Å². The molecule has 0 unspecified atom stereocenters. The number of benzene rings is 1. The summed E-state index contributed by atoms with van der Waals surface area (Å²) in [5.41, 5.74) is 1.05. The molecular weight excluding hydrogens is 459 g/mol. The first-order chi connectivity index (χ1) is 12.7. The monoisotopic (exact) mass is 486 g/mol. The average Bonchev–Trinajstić information content (AvgIpc) is 2.69. The lowest BCUT2D eigenvalue weighted by molar-refractivity contribution is 0.317. The Morgan fingerprint density at radius 3 is 2.63 bits per heavy atom. The summed E-state index contributed by atoms with van der Waals surface area (Å²) < 4.78 is 16.3. The van der Waals surface area contributed by atoms with Crippen molar-refractivity contribution < 1.29 is 14.2 Å². The fraction of sp³-hybridized carbons (Fsp3) is 0.368. The highest BCUT2D eigenvalue weighted by molar-refractivity contribution is 14.0.